The van der Waals surface area contributed by atoms with Crippen LogP contribution in [0.1, 0.15) is 5.76 Å². The van der Waals surface area contributed by atoms with Crippen molar-refractivity contribution in [3.05, 3.63) is 46.1 Å². The van der Waals surface area contributed by atoms with E-state index in [0.717, 1.165) is 21.5 Å². The summed E-state index contributed by atoms with van der Waals surface area (Å²) in [6.07, 6.45) is 2.57. The van der Waals surface area contributed by atoms with Crippen molar-refractivity contribution in [2.24, 2.45) is 0 Å². The average Bonchev–Trinajstić information content (AvgIpc) is 2.89. The largest absolute Gasteiger partial charge is 0.502 e. The molecule has 0 amide bonds. The van der Waals surface area contributed by atoms with Crippen molar-refractivity contribution >= 4 is 33.3 Å². The van der Waals surface area contributed by atoms with Crippen molar-refractivity contribution in [1.82, 2.24) is 9.97 Å². The van der Waals surface area contributed by atoms with E-state index in [2.05, 4.69) is 9.97 Å². The van der Waals surface area contributed by atoms with E-state index < -0.39 is 5.43 Å². The van der Waals surface area contributed by atoms with Crippen LogP contribution >= 0.6 is 23.1 Å². The lowest BCUT2D eigenvalue weighted by molar-refractivity contribution is 0.419. The number of fused-ring (bicyclic) bond motifs is 1. The van der Waals surface area contributed by atoms with Gasteiger partial charge in [0, 0.05) is 6.07 Å². The molecule has 19 heavy (non-hydrogen) atoms. The summed E-state index contributed by atoms with van der Waals surface area (Å²) in [7, 11) is 0. The molecule has 0 fully saturated rings. The van der Waals surface area contributed by atoms with E-state index in [0.29, 0.717) is 11.5 Å². The molecule has 3 heterocycles. The minimum Gasteiger partial charge on any atom is -0.502 e. The van der Waals surface area contributed by atoms with Gasteiger partial charge in [-0.2, -0.15) is 0 Å². The summed E-state index contributed by atoms with van der Waals surface area (Å²) in [5.41, 5.74) is 0.473. The molecule has 3 aromatic heterocycles. The van der Waals surface area contributed by atoms with Crippen LogP contribution in [-0.4, -0.2) is 15.1 Å². The molecule has 3 aromatic rings. The van der Waals surface area contributed by atoms with Gasteiger partial charge in [0.05, 0.1) is 16.0 Å². The van der Waals surface area contributed by atoms with Crippen molar-refractivity contribution in [3.63, 3.8) is 0 Å². The van der Waals surface area contributed by atoms with Gasteiger partial charge in [0.1, 0.15) is 23.4 Å². The van der Waals surface area contributed by atoms with Crippen molar-refractivity contribution in [3.8, 4) is 5.75 Å². The maximum Gasteiger partial charge on any atom is 0.226 e. The number of hydrogen-bond donors (Lipinski definition) is 1. The van der Waals surface area contributed by atoms with Crippen molar-refractivity contribution in [2.75, 3.05) is 0 Å². The van der Waals surface area contributed by atoms with E-state index in [1.807, 2.05) is 11.4 Å². The predicted molar refractivity (Wildman–Crippen MR) is 73.6 cm³/mol. The van der Waals surface area contributed by atoms with E-state index in [1.165, 1.54) is 24.2 Å². The van der Waals surface area contributed by atoms with Crippen LogP contribution in [0.4, 0.5) is 0 Å². The lowest BCUT2D eigenvalue weighted by atomic mass is 10.4. The van der Waals surface area contributed by atoms with Crippen LogP contribution in [0.5, 0.6) is 5.75 Å². The first kappa shape index (κ1) is 12.2. The van der Waals surface area contributed by atoms with Crippen molar-refractivity contribution in [2.45, 2.75) is 10.8 Å². The zero-order chi connectivity index (χ0) is 13.2. The van der Waals surface area contributed by atoms with Crippen LogP contribution in [-0.2, 0) is 5.75 Å². The first-order chi connectivity index (χ1) is 9.24. The lowest BCUT2D eigenvalue weighted by Crippen LogP contribution is -1.99. The van der Waals surface area contributed by atoms with Gasteiger partial charge in [-0.1, -0.05) is 11.8 Å². The molecule has 0 spiro atoms. The van der Waals surface area contributed by atoms with Gasteiger partial charge in [-0.05, 0) is 11.4 Å². The minimum absolute atomic E-state index is 0.378. The summed E-state index contributed by atoms with van der Waals surface area (Å²) >= 11 is 3.04. The van der Waals surface area contributed by atoms with Gasteiger partial charge in [-0.15, -0.1) is 11.3 Å². The summed E-state index contributed by atoms with van der Waals surface area (Å²) < 4.78 is 6.17. The molecule has 0 aliphatic heterocycles. The van der Waals surface area contributed by atoms with Crippen molar-refractivity contribution < 1.29 is 9.52 Å². The number of rotatable bonds is 3. The monoisotopic (exact) mass is 292 g/mol. The van der Waals surface area contributed by atoms with E-state index in [9.17, 15) is 4.79 Å². The molecule has 0 saturated heterocycles. The highest BCUT2D eigenvalue weighted by Crippen LogP contribution is 2.30. The quantitative estimate of drug-likeness (QED) is 0.591. The fourth-order valence-corrected chi connectivity index (χ4v) is 3.36. The predicted octanol–water partition coefficient (Wildman–Crippen LogP) is 2.64. The van der Waals surface area contributed by atoms with Gasteiger partial charge in [-0.3, -0.25) is 4.79 Å². The highest BCUT2D eigenvalue weighted by molar-refractivity contribution is 7.98. The molecule has 0 aromatic carbocycles. The molecule has 1 N–H and O–H groups in total. The molecule has 3 rings (SSSR count). The van der Waals surface area contributed by atoms with Crippen LogP contribution in [0.3, 0.4) is 0 Å². The molecule has 0 aliphatic rings. The van der Waals surface area contributed by atoms with E-state index in [1.54, 1.807) is 11.3 Å². The second-order valence-corrected chi connectivity index (χ2v) is 5.58. The fourth-order valence-electron chi connectivity index (χ4n) is 1.53. The fraction of sp³-hybridized carbons (Fsp3) is 0.0833. The highest BCUT2D eigenvalue weighted by atomic mass is 32.2. The Labute approximate surface area is 115 Å². The van der Waals surface area contributed by atoms with Gasteiger partial charge in [0.25, 0.3) is 0 Å². The maximum atomic E-state index is 11.3. The number of thioether (sulfide) groups is 1. The van der Waals surface area contributed by atoms with E-state index in [4.69, 9.17) is 9.52 Å². The van der Waals surface area contributed by atoms with E-state index in [-0.39, 0.29) is 5.75 Å². The topological polar surface area (TPSA) is 76.2 Å². The Bertz CT molecular complexity index is 782. The van der Waals surface area contributed by atoms with Crippen LogP contribution < -0.4 is 5.43 Å². The zero-order valence-corrected chi connectivity index (χ0v) is 11.2. The van der Waals surface area contributed by atoms with Crippen LogP contribution in [0.15, 0.2) is 44.3 Å². The molecule has 5 nitrogen and oxygen atoms in total. The summed E-state index contributed by atoms with van der Waals surface area (Å²) in [6.45, 7) is 0. The molecule has 7 heteroatoms. The molecule has 0 aliphatic carbocycles. The Morgan fingerprint density at radius 3 is 3.16 bits per heavy atom. The second kappa shape index (κ2) is 5.02. The second-order valence-electron chi connectivity index (χ2n) is 3.70. The summed E-state index contributed by atoms with van der Waals surface area (Å²) in [5.74, 6) is 0.590. The molecule has 0 bridgehead atoms. The smallest absolute Gasteiger partial charge is 0.226 e. The number of aromatic nitrogens is 2. The Kier molecular flexibility index (Phi) is 3.22. The SMILES string of the molecule is O=c1cc(CSc2ncnc3ccsc23)occ1O. The molecule has 96 valence electrons. The van der Waals surface area contributed by atoms with Crippen LogP contribution in [0.2, 0.25) is 0 Å². The number of nitrogens with zero attached hydrogens (tertiary/aromatic N) is 2. The highest BCUT2D eigenvalue weighted by Gasteiger charge is 2.08. The Morgan fingerprint density at radius 2 is 2.32 bits per heavy atom. The first-order valence-electron chi connectivity index (χ1n) is 5.36. The summed E-state index contributed by atoms with van der Waals surface area (Å²) in [6, 6.07) is 3.22. The Balaban J connectivity index is 1.84. The summed E-state index contributed by atoms with van der Waals surface area (Å²) in [4.78, 5) is 19.7. The number of hydrogen-bond acceptors (Lipinski definition) is 7. The normalized spacial score (nSPS) is 10.9. The van der Waals surface area contributed by atoms with Crippen LogP contribution in [0.25, 0.3) is 10.2 Å². The Morgan fingerprint density at radius 1 is 1.42 bits per heavy atom. The van der Waals surface area contributed by atoms with Gasteiger partial charge < -0.3 is 9.52 Å². The first-order valence-corrected chi connectivity index (χ1v) is 7.22. The lowest BCUT2D eigenvalue weighted by Gasteiger charge is -2.01. The van der Waals surface area contributed by atoms with Gasteiger partial charge >= 0.3 is 0 Å². The number of aromatic hydroxyl groups is 1. The zero-order valence-electron chi connectivity index (χ0n) is 9.57. The third kappa shape index (κ3) is 2.47. The standard InChI is InChI=1S/C12H8N2O3S2/c15-9-3-7(17-4-10(9)16)5-19-12-11-8(1-2-18-11)13-6-14-12/h1-4,6,16H,5H2. The maximum absolute atomic E-state index is 11.3. The molecule has 0 atom stereocenters. The van der Waals surface area contributed by atoms with Crippen molar-refractivity contribution in [1.29, 1.82) is 0 Å². The van der Waals surface area contributed by atoms with Crippen LogP contribution in [0, 0.1) is 0 Å². The average molecular weight is 292 g/mol. The number of thiophene rings is 1. The molecular formula is C12H8N2O3S2. The molecule has 0 unspecified atom stereocenters. The van der Waals surface area contributed by atoms with E-state index >= 15 is 0 Å². The summed E-state index contributed by atoms with van der Waals surface area (Å²) in [5, 5.41) is 11.9. The Hall–Kier alpha value is -1.86. The third-order valence-electron chi connectivity index (χ3n) is 2.43. The van der Waals surface area contributed by atoms with Gasteiger partial charge in [0.2, 0.25) is 5.43 Å². The molecular weight excluding hydrogens is 284 g/mol. The molecule has 0 saturated carbocycles. The van der Waals surface area contributed by atoms with Gasteiger partial charge in [0.15, 0.2) is 5.75 Å². The minimum atomic E-state index is -0.439. The molecule has 0 radical (unpaired) electrons. The third-order valence-corrected chi connectivity index (χ3v) is 4.48. The van der Waals surface area contributed by atoms with Gasteiger partial charge in [-0.25, -0.2) is 9.97 Å².